The molecule has 0 spiro atoms. The molecule has 1 saturated heterocycles. The average Bonchev–Trinajstić information content (AvgIpc) is 2.47. The van der Waals surface area contributed by atoms with Crippen molar-refractivity contribution in [3.05, 3.63) is 23.8 Å². The molecule has 1 N–H and O–H groups in total. The van der Waals surface area contributed by atoms with Crippen LogP contribution in [0.3, 0.4) is 0 Å². The predicted octanol–water partition coefficient (Wildman–Crippen LogP) is 1.82. The summed E-state index contributed by atoms with van der Waals surface area (Å²) in [6.07, 6.45) is 2.38. The highest BCUT2D eigenvalue weighted by molar-refractivity contribution is 5.46. The zero-order valence-corrected chi connectivity index (χ0v) is 12.5. The van der Waals surface area contributed by atoms with Crippen LogP contribution in [0.15, 0.2) is 18.2 Å². The van der Waals surface area contributed by atoms with Gasteiger partial charge in [-0.1, -0.05) is 12.1 Å². The lowest BCUT2D eigenvalue weighted by atomic mass is 10.1. The molecule has 2 rings (SSSR count). The zero-order chi connectivity index (χ0) is 14.4. The largest absolute Gasteiger partial charge is 0.493 e. The minimum Gasteiger partial charge on any atom is -0.493 e. The molecule has 0 atom stereocenters. The first kappa shape index (κ1) is 15.1. The third kappa shape index (κ3) is 3.85. The van der Waals surface area contributed by atoms with Crippen molar-refractivity contribution < 1.29 is 14.3 Å². The molecular formula is C15H24N2O3. The Labute approximate surface area is 120 Å². The molecule has 1 heterocycles. The van der Waals surface area contributed by atoms with Gasteiger partial charge < -0.3 is 19.2 Å². The van der Waals surface area contributed by atoms with Crippen LogP contribution < -0.4 is 15.0 Å². The number of benzene rings is 1. The van der Waals surface area contributed by atoms with Crippen LogP contribution in [0.1, 0.15) is 18.4 Å². The quantitative estimate of drug-likeness (QED) is 0.805. The zero-order valence-electron chi connectivity index (χ0n) is 12.5. The van der Waals surface area contributed by atoms with Crippen LogP contribution in [0.2, 0.25) is 0 Å². The molecule has 0 unspecified atom stereocenters. The molecule has 20 heavy (non-hydrogen) atoms. The van der Waals surface area contributed by atoms with Crippen molar-refractivity contribution in [2.24, 2.45) is 0 Å². The molecular weight excluding hydrogens is 256 g/mol. The van der Waals surface area contributed by atoms with Crippen molar-refractivity contribution in [3.8, 4) is 11.5 Å². The number of nitrogens with zero attached hydrogens (tertiary/aromatic N) is 1. The van der Waals surface area contributed by atoms with E-state index >= 15 is 0 Å². The Hall–Kier alpha value is -1.30. The molecule has 5 heteroatoms. The number of hydrogen-bond acceptors (Lipinski definition) is 5. The van der Waals surface area contributed by atoms with Crippen molar-refractivity contribution in [1.82, 2.24) is 10.4 Å². The van der Waals surface area contributed by atoms with Crippen LogP contribution in [-0.2, 0) is 11.4 Å². The van der Waals surface area contributed by atoms with Gasteiger partial charge in [0.15, 0.2) is 11.5 Å². The van der Waals surface area contributed by atoms with E-state index in [0.29, 0.717) is 6.54 Å². The normalized spacial score (nSPS) is 17.1. The molecule has 0 amide bonds. The second kappa shape index (κ2) is 7.47. The lowest BCUT2D eigenvalue weighted by Gasteiger charge is -2.30. The standard InChI is InChI=1S/C15H24N2O3/c1-17-9-7-13(8-10-17)20-14-6-4-5-12(11-16-19-3)15(14)18-2/h4-6,13,16H,7-11H2,1-3H3. The van der Waals surface area contributed by atoms with Crippen molar-refractivity contribution in [2.45, 2.75) is 25.5 Å². The highest BCUT2D eigenvalue weighted by Gasteiger charge is 2.20. The fraction of sp³-hybridized carbons (Fsp3) is 0.600. The van der Waals surface area contributed by atoms with Gasteiger partial charge in [0.05, 0.1) is 14.2 Å². The minimum absolute atomic E-state index is 0.269. The van der Waals surface area contributed by atoms with Crippen LogP contribution >= 0.6 is 0 Å². The Morgan fingerprint density at radius 2 is 2.00 bits per heavy atom. The van der Waals surface area contributed by atoms with Gasteiger partial charge in [0.1, 0.15) is 6.10 Å². The monoisotopic (exact) mass is 280 g/mol. The predicted molar refractivity (Wildman–Crippen MR) is 78.0 cm³/mol. The second-order valence-corrected chi connectivity index (χ2v) is 5.09. The maximum Gasteiger partial charge on any atom is 0.165 e. The highest BCUT2D eigenvalue weighted by atomic mass is 16.6. The summed E-state index contributed by atoms with van der Waals surface area (Å²) in [7, 11) is 5.42. The Bertz CT molecular complexity index is 418. The summed E-state index contributed by atoms with van der Waals surface area (Å²) in [5.41, 5.74) is 3.86. The van der Waals surface area contributed by atoms with Gasteiger partial charge in [0, 0.05) is 25.2 Å². The van der Waals surface area contributed by atoms with Gasteiger partial charge in [-0.25, -0.2) is 0 Å². The molecule has 112 valence electrons. The fourth-order valence-corrected chi connectivity index (χ4v) is 2.46. The summed E-state index contributed by atoms with van der Waals surface area (Å²) in [5, 5.41) is 0. The van der Waals surface area contributed by atoms with Gasteiger partial charge in [-0.05, 0) is 26.0 Å². The van der Waals surface area contributed by atoms with Crippen molar-refractivity contribution in [2.75, 3.05) is 34.4 Å². The van der Waals surface area contributed by atoms with Gasteiger partial charge in [-0.2, -0.15) is 5.48 Å². The third-order valence-corrected chi connectivity index (χ3v) is 3.63. The molecule has 5 nitrogen and oxygen atoms in total. The Kier molecular flexibility index (Phi) is 5.64. The molecule has 0 saturated carbocycles. The van der Waals surface area contributed by atoms with Crippen LogP contribution in [0.5, 0.6) is 11.5 Å². The van der Waals surface area contributed by atoms with Gasteiger partial charge >= 0.3 is 0 Å². The molecule has 0 aromatic heterocycles. The molecule has 1 aliphatic rings. The SMILES string of the molecule is CONCc1cccc(OC2CCN(C)CC2)c1OC. The first-order valence-electron chi connectivity index (χ1n) is 7.01. The molecule has 0 aliphatic carbocycles. The van der Waals surface area contributed by atoms with E-state index in [4.69, 9.17) is 14.3 Å². The summed E-state index contributed by atoms with van der Waals surface area (Å²) < 4.78 is 11.6. The number of likely N-dealkylation sites (tertiary alicyclic amines) is 1. The van der Waals surface area contributed by atoms with Crippen molar-refractivity contribution in [1.29, 1.82) is 0 Å². The number of hydroxylamine groups is 1. The van der Waals surface area contributed by atoms with E-state index < -0.39 is 0 Å². The highest BCUT2D eigenvalue weighted by Crippen LogP contribution is 2.33. The van der Waals surface area contributed by atoms with Crippen molar-refractivity contribution >= 4 is 0 Å². The van der Waals surface area contributed by atoms with E-state index in [2.05, 4.69) is 17.4 Å². The molecule has 0 bridgehead atoms. The summed E-state index contributed by atoms with van der Waals surface area (Å²) in [5.74, 6) is 1.61. The minimum atomic E-state index is 0.269. The summed E-state index contributed by atoms with van der Waals surface area (Å²) in [6.45, 7) is 2.75. The number of nitrogens with one attached hydrogen (secondary N) is 1. The van der Waals surface area contributed by atoms with Gasteiger partial charge in [-0.3, -0.25) is 0 Å². The van der Waals surface area contributed by atoms with Gasteiger partial charge in [0.2, 0.25) is 0 Å². The first-order chi connectivity index (χ1) is 9.74. The molecule has 1 aromatic carbocycles. The van der Waals surface area contributed by atoms with Crippen LogP contribution in [-0.4, -0.2) is 45.4 Å². The summed E-state index contributed by atoms with van der Waals surface area (Å²) in [6, 6.07) is 5.96. The van der Waals surface area contributed by atoms with Crippen LogP contribution in [0.25, 0.3) is 0 Å². The van der Waals surface area contributed by atoms with Crippen LogP contribution in [0, 0.1) is 0 Å². The second-order valence-electron chi connectivity index (χ2n) is 5.09. The van der Waals surface area contributed by atoms with Gasteiger partial charge in [0.25, 0.3) is 0 Å². The Morgan fingerprint density at radius 3 is 2.65 bits per heavy atom. The molecule has 1 aromatic rings. The fourth-order valence-electron chi connectivity index (χ4n) is 2.46. The van der Waals surface area contributed by atoms with E-state index in [-0.39, 0.29) is 6.10 Å². The Balaban J connectivity index is 2.06. The van der Waals surface area contributed by atoms with E-state index in [1.54, 1.807) is 14.2 Å². The Morgan fingerprint density at radius 1 is 1.25 bits per heavy atom. The smallest absolute Gasteiger partial charge is 0.165 e. The van der Waals surface area contributed by atoms with E-state index in [1.165, 1.54) is 0 Å². The first-order valence-corrected chi connectivity index (χ1v) is 7.01. The number of hydrogen-bond donors (Lipinski definition) is 1. The molecule has 1 fully saturated rings. The number of rotatable bonds is 6. The lowest BCUT2D eigenvalue weighted by molar-refractivity contribution is 0.0854. The van der Waals surface area contributed by atoms with E-state index in [0.717, 1.165) is 43.0 Å². The van der Waals surface area contributed by atoms with E-state index in [9.17, 15) is 0 Å². The molecule has 1 aliphatic heterocycles. The summed E-state index contributed by atoms with van der Waals surface area (Å²) in [4.78, 5) is 7.22. The van der Waals surface area contributed by atoms with Crippen LogP contribution in [0.4, 0.5) is 0 Å². The van der Waals surface area contributed by atoms with E-state index in [1.807, 2.05) is 18.2 Å². The number of para-hydroxylation sites is 1. The van der Waals surface area contributed by atoms with Gasteiger partial charge in [-0.15, -0.1) is 0 Å². The number of piperidine rings is 1. The summed E-state index contributed by atoms with van der Waals surface area (Å²) >= 11 is 0. The average molecular weight is 280 g/mol. The lowest BCUT2D eigenvalue weighted by Crippen LogP contribution is -2.35. The topological polar surface area (TPSA) is 43.0 Å². The maximum atomic E-state index is 6.13. The van der Waals surface area contributed by atoms with Crippen molar-refractivity contribution in [3.63, 3.8) is 0 Å². The third-order valence-electron chi connectivity index (χ3n) is 3.63. The maximum absolute atomic E-state index is 6.13. The number of ether oxygens (including phenoxy) is 2. The number of methoxy groups -OCH3 is 1. The molecule has 0 radical (unpaired) electrons.